The molecular formula is C29H28ClFN6O. The topological polar surface area (TPSA) is 77.6 Å². The number of hydrogen-bond donors (Lipinski definition) is 1. The average molecular weight is 531 g/mol. The summed E-state index contributed by atoms with van der Waals surface area (Å²) in [6.45, 7) is 0.312. The van der Waals surface area contributed by atoms with Crippen LogP contribution in [0.1, 0.15) is 60.1 Å². The molecule has 4 fully saturated rings. The predicted octanol–water partition coefficient (Wildman–Crippen LogP) is 6.02. The highest BCUT2D eigenvalue weighted by atomic mass is 35.5. The summed E-state index contributed by atoms with van der Waals surface area (Å²) in [5, 5.41) is 12.7. The van der Waals surface area contributed by atoms with Crippen molar-refractivity contribution in [3.8, 4) is 5.69 Å². The number of benzene rings is 2. The van der Waals surface area contributed by atoms with Gasteiger partial charge >= 0.3 is 0 Å². The van der Waals surface area contributed by atoms with E-state index in [1.165, 1.54) is 37.7 Å². The van der Waals surface area contributed by atoms with E-state index in [0.717, 1.165) is 48.4 Å². The Bertz CT molecular complexity index is 1480. The monoisotopic (exact) mass is 530 g/mol. The molecule has 4 aromatic rings. The first-order chi connectivity index (χ1) is 18.4. The average Bonchev–Trinajstić information content (AvgIpc) is 3.53. The molecule has 2 heterocycles. The molecule has 0 unspecified atom stereocenters. The van der Waals surface area contributed by atoms with E-state index < -0.39 is 5.82 Å². The lowest BCUT2D eigenvalue weighted by Crippen LogP contribution is -2.49. The van der Waals surface area contributed by atoms with Crippen LogP contribution in [0.5, 0.6) is 0 Å². The number of anilines is 1. The Morgan fingerprint density at radius 2 is 1.74 bits per heavy atom. The molecule has 4 aliphatic carbocycles. The lowest BCUT2D eigenvalue weighted by molar-refractivity contribution is -0.00765. The van der Waals surface area contributed by atoms with Crippen LogP contribution in [0.2, 0.25) is 5.02 Å². The van der Waals surface area contributed by atoms with Crippen LogP contribution in [0, 0.1) is 23.6 Å². The van der Waals surface area contributed by atoms with Crippen LogP contribution in [0.25, 0.3) is 5.69 Å². The zero-order valence-electron chi connectivity index (χ0n) is 20.9. The van der Waals surface area contributed by atoms with Crippen LogP contribution in [0.4, 0.5) is 10.3 Å². The summed E-state index contributed by atoms with van der Waals surface area (Å²) in [6.07, 6.45) is 10.7. The number of amides is 1. The third-order valence-corrected chi connectivity index (χ3v) is 8.98. The summed E-state index contributed by atoms with van der Waals surface area (Å²) in [7, 11) is 0. The largest absolute Gasteiger partial charge is 0.289 e. The number of para-hydroxylation sites is 1. The third kappa shape index (κ3) is 4.21. The fourth-order valence-corrected chi connectivity index (χ4v) is 7.69. The van der Waals surface area contributed by atoms with Crippen LogP contribution in [-0.2, 0) is 12.0 Å². The van der Waals surface area contributed by atoms with Gasteiger partial charge in [-0.3, -0.25) is 10.1 Å². The molecule has 38 heavy (non-hydrogen) atoms. The highest BCUT2D eigenvalue weighted by molar-refractivity contribution is 6.31. The maximum atomic E-state index is 13.7. The van der Waals surface area contributed by atoms with E-state index in [-0.39, 0.29) is 17.3 Å². The minimum Gasteiger partial charge on any atom is -0.289 e. The van der Waals surface area contributed by atoms with Crippen molar-refractivity contribution in [3.05, 3.63) is 88.7 Å². The van der Waals surface area contributed by atoms with Gasteiger partial charge in [-0.15, -0.1) is 5.10 Å². The quantitative estimate of drug-likeness (QED) is 0.330. The van der Waals surface area contributed by atoms with Gasteiger partial charge < -0.3 is 0 Å². The van der Waals surface area contributed by atoms with Gasteiger partial charge in [0.25, 0.3) is 5.91 Å². The van der Waals surface area contributed by atoms with E-state index >= 15 is 0 Å². The molecule has 194 valence electrons. The second kappa shape index (κ2) is 9.05. The smallest absolute Gasteiger partial charge is 0.261 e. The maximum absolute atomic E-state index is 13.7. The molecule has 0 atom stereocenters. The number of halogens is 2. The molecule has 0 aliphatic heterocycles. The summed E-state index contributed by atoms with van der Waals surface area (Å²) < 4.78 is 16.8. The van der Waals surface area contributed by atoms with Crippen LogP contribution in [-0.4, -0.2) is 30.5 Å². The molecular weight excluding hydrogens is 503 g/mol. The predicted molar refractivity (Wildman–Crippen MR) is 142 cm³/mol. The van der Waals surface area contributed by atoms with Crippen molar-refractivity contribution in [1.29, 1.82) is 0 Å². The van der Waals surface area contributed by atoms with E-state index in [1.807, 2.05) is 41.2 Å². The Labute approximate surface area is 225 Å². The Balaban J connectivity index is 1.19. The zero-order chi connectivity index (χ0) is 25.9. The summed E-state index contributed by atoms with van der Waals surface area (Å²) >= 11 is 6.17. The van der Waals surface area contributed by atoms with Crippen molar-refractivity contribution >= 4 is 23.5 Å². The Morgan fingerprint density at radius 3 is 2.42 bits per heavy atom. The molecule has 8 rings (SSSR count). The molecule has 7 nitrogen and oxygen atoms in total. The Kier molecular flexibility index (Phi) is 5.62. The van der Waals surface area contributed by atoms with Gasteiger partial charge in [0, 0.05) is 16.6 Å². The van der Waals surface area contributed by atoms with E-state index in [4.69, 9.17) is 16.7 Å². The number of carbonyl (C=O) groups excluding carboxylic acids is 1. The van der Waals surface area contributed by atoms with Crippen molar-refractivity contribution in [1.82, 2.24) is 24.5 Å². The van der Waals surface area contributed by atoms with Gasteiger partial charge in [-0.2, -0.15) is 5.10 Å². The minimum atomic E-state index is -0.392. The maximum Gasteiger partial charge on any atom is 0.261 e. The minimum absolute atomic E-state index is 0.0480. The molecule has 9 heteroatoms. The number of hydrogen-bond acceptors (Lipinski definition) is 4. The first-order valence-electron chi connectivity index (χ1n) is 13.2. The van der Waals surface area contributed by atoms with Crippen LogP contribution >= 0.6 is 11.6 Å². The summed E-state index contributed by atoms with van der Waals surface area (Å²) in [6, 6.07) is 14.2. The van der Waals surface area contributed by atoms with Gasteiger partial charge in [-0.05, 0) is 86.1 Å². The van der Waals surface area contributed by atoms with E-state index in [0.29, 0.717) is 22.7 Å². The van der Waals surface area contributed by atoms with Crippen molar-refractivity contribution in [2.24, 2.45) is 17.8 Å². The van der Waals surface area contributed by atoms with Gasteiger partial charge in [0.15, 0.2) is 0 Å². The molecule has 2 aromatic heterocycles. The first-order valence-corrected chi connectivity index (χ1v) is 13.6. The normalized spacial score (nSPS) is 25.6. The van der Waals surface area contributed by atoms with Gasteiger partial charge in [-0.25, -0.2) is 18.7 Å². The molecule has 4 saturated carbocycles. The molecule has 4 bridgehead atoms. The van der Waals surface area contributed by atoms with Gasteiger partial charge in [0.2, 0.25) is 5.95 Å². The molecule has 0 saturated heterocycles. The number of nitrogens with zero attached hydrogens (tertiary/aromatic N) is 5. The molecule has 4 aliphatic rings. The summed E-state index contributed by atoms with van der Waals surface area (Å²) in [4.78, 5) is 18.0. The molecule has 0 radical (unpaired) electrons. The van der Waals surface area contributed by atoms with Gasteiger partial charge in [0.1, 0.15) is 12.1 Å². The zero-order valence-corrected chi connectivity index (χ0v) is 21.6. The number of carbonyl (C=O) groups is 1. The van der Waals surface area contributed by atoms with E-state index in [1.54, 1.807) is 10.7 Å². The molecule has 1 N–H and O–H groups in total. The fraction of sp³-hybridized carbons (Fsp3) is 0.379. The lowest BCUT2D eigenvalue weighted by atomic mass is 9.48. The molecule has 1 amide bonds. The summed E-state index contributed by atoms with van der Waals surface area (Å²) in [5.74, 6) is 1.75. The SMILES string of the molecule is O=C(Nc1ncn(Cc2ccc(F)cc2Cl)n1)c1cn(-c2ccccc2)nc1C12CC3CC(CC(C3)C1)C2. The van der Waals surface area contributed by atoms with Crippen LogP contribution in [0.3, 0.4) is 0 Å². The van der Waals surface area contributed by atoms with Crippen LogP contribution in [0.15, 0.2) is 61.1 Å². The first kappa shape index (κ1) is 23.6. The lowest BCUT2D eigenvalue weighted by Gasteiger charge is -2.56. The standard InChI is InChI=1S/C29H28ClFN6O/c30-25-11-22(31)7-6-21(25)15-36-17-32-28(35-36)33-27(38)24-16-37(23-4-2-1-3-5-23)34-26(24)29-12-18-8-19(13-29)10-20(9-18)14-29/h1-7,11,16-20H,8-10,12-15H2,(H,33,35,38). The third-order valence-electron chi connectivity index (χ3n) is 8.63. The number of rotatable bonds is 6. The van der Waals surface area contributed by atoms with Crippen molar-refractivity contribution in [2.45, 2.75) is 50.5 Å². The summed E-state index contributed by atoms with van der Waals surface area (Å²) in [5.41, 5.74) is 3.09. The van der Waals surface area contributed by atoms with Gasteiger partial charge in [-0.1, -0.05) is 35.9 Å². The van der Waals surface area contributed by atoms with Crippen molar-refractivity contribution in [2.75, 3.05) is 5.32 Å². The number of nitrogens with one attached hydrogen (secondary N) is 1. The number of aromatic nitrogens is 5. The Hall–Kier alpha value is -3.52. The highest BCUT2D eigenvalue weighted by Gasteiger charge is 2.54. The highest BCUT2D eigenvalue weighted by Crippen LogP contribution is 2.60. The second-order valence-electron chi connectivity index (χ2n) is 11.3. The van der Waals surface area contributed by atoms with E-state index in [9.17, 15) is 9.18 Å². The molecule has 0 spiro atoms. The fourth-order valence-electron chi connectivity index (χ4n) is 7.47. The second-order valence-corrected chi connectivity index (χ2v) is 11.7. The molecule has 2 aromatic carbocycles. The van der Waals surface area contributed by atoms with E-state index in [2.05, 4.69) is 15.4 Å². The van der Waals surface area contributed by atoms with Crippen molar-refractivity contribution in [3.63, 3.8) is 0 Å². The van der Waals surface area contributed by atoms with Gasteiger partial charge in [0.05, 0.1) is 23.5 Å². The van der Waals surface area contributed by atoms with Crippen LogP contribution < -0.4 is 5.32 Å². The van der Waals surface area contributed by atoms with Crippen molar-refractivity contribution < 1.29 is 9.18 Å². The Morgan fingerprint density at radius 1 is 1.03 bits per heavy atom.